The van der Waals surface area contributed by atoms with Crippen molar-refractivity contribution in [3.63, 3.8) is 0 Å². The highest BCUT2D eigenvalue weighted by Gasteiger charge is 2.19. The number of nitro benzene ring substituents is 1. The number of nitrogens with zero attached hydrogens (tertiary/aromatic N) is 2. The van der Waals surface area contributed by atoms with Crippen molar-refractivity contribution in [2.75, 3.05) is 5.32 Å². The summed E-state index contributed by atoms with van der Waals surface area (Å²) in [6.45, 7) is 0.0996. The lowest BCUT2D eigenvalue weighted by atomic mass is 10.1. The van der Waals surface area contributed by atoms with Crippen LogP contribution in [0.4, 0.5) is 15.8 Å². The third kappa shape index (κ3) is 2.72. The van der Waals surface area contributed by atoms with Crippen LogP contribution in [0.2, 0.25) is 0 Å². The van der Waals surface area contributed by atoms with Crippen LogP contribution in [0.25, 0.3) is 0 Å². The summed E-state index contributed by atoms with van der Waals surface area (Å²) >= 11 is 0. The Bertz CT molecular complexity index is 695. The van der Waals surface area contributed by atoms with E-state index in [1.807, 2.05) is 0 Å². The van der Waals surface area contributed by atoms with Gasteiger partial charge < -0.3 is 5.32 Å². The highest BCUT2D eigenvalue weighted by atomic mass is 19.1. The molecule has 0 bridgehead atoms. The Morgan fingerprint density at radius 1 is 1.25 bits per heavy atom. The van der Waals surface area contributed by atoms with E-state index in [0.717, 1.165) is 0 Å². The van der Waals surface area contributed by atoms with Crippen molar-refractivity contribution < 1.29 is 9.31 Å². The Balaban J connectivity index is 2.29. The second-order valence-corrected chi connectivity index (χ2v) is 4.02. The first-order chi connectivity index (χ1) is 9.63. The summed E-state index contributed by atoms with van der Waals surface area (Å²) < 4.78 is 13.5. The number of benzene rings is 2. The van der Waals surface area contributed by atoms with Gasteiger partial charge in [0.2, 0.25) is 0 Å². The molecule has 0 spiro atoms. The fraction of sp³-hybridized carbons (Fsp3) is 0.0714. The predicted octanol–water partition coefficient (Wildman–Crippen LogP) is 3.22. The standard InChI is InChI=1S/C14H10FN3O2/c15-12-6-2-1-4-11(12)9-17-13-7-3-5-10(8-16)14(13)18(19)20/h1-7,17H,9H2. The molecule has 0 radical (unpaired) electrons. The van der Waals surface area contributed by atoms with Gasteiger partial charge in [-0.25, -0.2) is 4.39 Å². The number of nitrogens with one attached hydrogen (secondary N) is 1. The van der Waals surface area contributed by atoms with E-state index in [0.29, 0.717) is 5.56 Å². The SMILES string of the molecule is N#Cc1cccc(NCc2ccccc2F)c1[N+](=O)[O-]. The van der Waals surface area contributed by atoms with Crippen LogP contribution in [-0.4, -0.2) is 4.92 Å². The van der Waals surface area contributed by atoms with Crippen LogP contribution in [0.3, 0.4) is 0 Å². The van der Waals surface area contributed by atoms with E-state index >= 15 is 0 Å². The lowest BCUT2D eigenvalue weighted by molar-refractivity contribution is -0.384. The number of nitro groups is 1. The first-order valence-electron chi connectivity index (χ1n) is 5.78. The van der Waals surface area contributed by atoms with E-state index in [1.165, 1.54) is 24.3 Å². The third-order valence-electron chi connectivity index (χ3n) is 2.77. The molecule has 20 heavy (non-hydrogen) atoms. The second kappa shape index (κ2) is 5.80. The number of para-hydroxylation sites is 1. The molecule has 0 saturated heterocycles. The van der Waals surface area contributed by atoms with Crippen molar-refractivity contribution in [1.29, 1.82) is 5.26 Å². The fourth-order valence-electron chi connectivity index (χ4n) is 1.81. The van der Waals surface area contributed by atoms with E-state index in [4.69, 9.17) is 5.26 Å². The van der Waals surface area contributed by atoms with Gasteiger partial charge in [-0.15, -0.1) is 0 Å². The van der Waals surface area contributed by atoms with Gasteiger partial charge in [-0.1, -0.05) is 24.3 Å². The molecule has 5 nitrogen and oxygen atoms in total. The van der Waals surface area contributed by atoms with Crippen molar-refractivity contribution >= 4 is 11.4 Å². The van der Waals surface area contributed by atoms with Gasteiger partial charge in [-0.05, 0) is 18.2 Å². The first kappa shape index (κ1) is 13.5. The van der Waals surface area contributed by atoms with E-state index in [1.54, 1.807) is 24.3 Å². The highest BCUT2D eigenvalue weighted by Crippen LogP contribution is 2.28. The zero-order chi connectivity index (χ0) is 14.5. The van der Waals surface area contributed by atoms with Gasteiger partial charge in [0, 0.05) is 12.1 Å². The van der Waals surface area contributed by atoms with Crippen LogP contribution in [0.15, 0.2) is 42.5 Å². The molecule has 0 aromatic heterocycles. The molecular weight excluding hydrogens is 261 g/mol. The minimum absolute atomic E-state index is 0.0338. The van der Waals surface area contributed by atoms with Crippen molar-refractivity contribution in [3.05, 3.63) is 69.5 Å². The predicted molar refractivity (Wildman–Crippen MR) is 71.5 cm³/mol. The topological polar surface area (TPSA) is 79.0 Å². The summed E-state index contributed by atoms with van der Waals surface area (Å²) in [5.41, 5.74) is 0.251. The first-order valence-corrected chi connectivity index (χ1v) is 5.78. The molecule has 0 aliphatic carbocycles. The molecule has 0 aliphatic heterocycles. The summed E-state index contributed by atoms with van der Waals surface area (Å²) in [7, 11) is 0. The molecule has 0 amide bonds. The van der Waals surface area contributed by atoms with E-state index < -0.39 is 4.92 Å². The van der Waals surface area contributed by atoms with Gasteiger partial charge in [0.1, 0.15) is 23.1 Å². The minimum atomic E-state index is -0.623. The summed E-state index contributed by atoms with van der Waals surface area (Å²) in [5, 5.41) is 22.7. The molecule has 2 aromatic rings. The van der Waals surface area contributed by atoms with Crippen molar-refractivity contribution in [3.8, 4) is 6.07 Å². The van der Waals surface area contributed by atoms with Crippen LogP contribution in [0.1, 0.15) is 11.1 Å². The van der Waals surface area contributed by atoms with E-state index in [9.17, 15) is 14.5 Å². The molecule has 2 rings (SSSR count). The molecule has 1 N–H and O–H groups in total. The van der Waals surface area contributed by atoms with Gasteiger partial charge in [0.05, 0.1) is 4.92 Å². The number of hydrogen-bond donors (Lipinski definition) is 1. The Hall–Kier alpha value is -2.94. The average Bonchev–Trinajstić information content (AvgIpc) is 2.45. The van der Waals surface area contributed by atoms with Gasteiger partial charge in [0.25, 0.3) is 0 Å². The monoisotopic (exact) mass is 271 g/mol. The molecule has 0 aliphatic rings. The number of hydrogen-bond acceptors (Lipinski definition) is 4. The Kier molecular flexibility index (Phi) is 3.91. The number of anilines is 1. The Morgan fingerprint density at radius 3 is 2.65 bits per heavy atom. The molecule has 0 heterocycles. The van der Waals surface area contributed by atoms with Crippen LogP contribution in [0.5, 0.6) is 0 Å². The van der Waals surface area contributed by atoms with Crippen molar-refractivity contribution in [2.45, 2.75) is 6.54 Å². The molecule has 0 unspecified atom stereocenters. The van der Waals surface area contributed by atoms with Crippen LogP contribution >= 0.6 is 0 Å². The average molecular weight is 271 g/mol. The van der Waals surface area contributed by atoms with Gasteiger partial charge in [0.15, 0.2) is 0 Å². The molecule has 0 atom stereocenters. The number of halogens is 1. The maximum atomic E-state index is 13.5. The van der Waals surface area contributed by atoms with E-state index in [-0.39, 0.29) is 29.3 Å². The molecule has 100 valence electrons. The molecule has 0 fully saturated rings. The molecule has 2 aromatic carbocycles. The molecular formula is C14H10FN3O2. The lowest BCUT2D eigenvalue weighted by Gasteiger charge is -2.08. The zero-order valence-electron chi connectivity index (χ0n) is 10.3. The van der Waals surface area contributed by atoms with Gasteiger partial charge in [-0.3, -0.25) is 10.1 Å². The zero-order valence-corrected chi connectivity index (χ0v) is 10.3. The lowest BCUT2D eigenvalue weighted by Crippen LogP contribution is -2.05. The fourth-order valence-corrected chi connectivity index (χ4v) is 1.81. The van der Waals surface area contributed by atoms with Crippen LogP contribution in [0, 0.1) is 27.3 Å². The maximum absolute atomic E-state index is 13.5. The maximum Gasteiger partial charge on any atom is 0.309 e. The summed E-state index contributed by atoms with van der Waals surface area (Å²) in [6.07, 6.45) is 0. The normalized spacial score (nSPS) is 9.80. The Labute approximate surface area is 114 Å². The van der Waals surface area contributed by atoms with E-state index in [2.05, 4.69) is 5.32 Å². The Morgan fingerprint density at radius 2 is 2.00 bits per heavy atom. The van der Waals surface area contributed by atoms with Crippen molar-refractivity contribution in [2.24, 2.45) is 0 Å². The highest BCUT2D eigenvalue weighted by molar-refractivity contribution is 5.68. The van der Waals surface area contributed by atoms with Crippen molar-refractivity contribution in [1.82, 2.24) is 0 Å². The van der Waals surface area contributed by atoms with Crippen LogP contribution < -0.4 is 5.32 Å². The van der Waals surface area contributed by atoms with Gasteiger partial charge in [-0.2, -0.15) is 5.26 Å². The second-order valence-electron chi connectivity index (χ2n) is 4.02. The van der Waals surface area contributed by atoms with Crippen LogP contribution in [-0.2, 0) is 6.54 Å². The number of nitriles is 1. The summed E-state index contributed by atoms with van der Waals surface area (Å²) in [6, 6.07) is 12.3. The molecule has 0 saturated carbocycles. The third-order valence-corrected chi connectivity index (χ3v) is 2.77. The summed E-state index contributed by atoms with van der Waals surface area (Å²) in [4.78, 5) is 10.4. The largest absolute Gasteiger partial charge is 0.375 e. The smallest absolute Gasteiger partial charge is 0.309 e. The quantitative estimate of drug-likeness (QED) is 0.684. The van der Waals surface area contributed by atoms with Gasteiger partial charge >= 0.3 is 5.69 Å². The number of rotatable bonds is 4. The minimum Gasteiger partial charge on any atom is -0.375 e. The molecule has 6 heteroatoms. The summed E-state index contributed by atoms with van der Waals surface area (Å²) in [5.74, 6) is -0.390.